The number of anilines is 3. The summed E-state index contributed by atoms with van der Waals surface area (Å²) >= 11 is 0. The van der Waals surface area contributed by atoms with Gasteiger partial charge in [0.1, 0.15) is 17.4 Å². The van der Waals surface area contributed by atoms with Gasteiger partial charge in [-0.1, -0.05) is 12.1 Å². The lowest BCUT2D eigenvalue weighted by Gasteiger charge is -2.15. The van der Waals surface area contributed by atoms with Gasteiger partial charge in [-0.25, -0.2) is 4.39 Å². The summed E-state index contributed by atoms with van der Waals surface area (Å²) in [4.78, 5) is 1.97. The standard InChI is InChI=1S/C15H14FN3/c1-19(2)12-6-3-5-11(9-12)18-15-8-4-7-14(16)13(15)10-17/h3-9,18H,1-2H3. The summed E-state index contributed by atoms with van der Waals surface area (Å²) in [6.07, 6.45) is 0. The molecule has 0 aliphatic heterocycles. The van der Waals surface area contributed by atoms with Crippen molar-refractivity contribution in [2.75, 3.05) is 24.3 Å². The fourth-order valence-corrected chi connectivity index (χ4v) is 1.76. The van der Waals surface area contributed by atoms with Gasteiger partial charge in [-0.2, -0.15) is 5.26 Å². The molecule has 0 aromatic heterocycles. The van der Waals surface area contributed by atoms with Crippen molar-refractivity contribution < 1.29 is 4.39 Å². The van der Waals surface area contributed by atoms with Crippen molar-refractivity contribution in [1.29, 1.82) is 5.26 Å². The molecule has 0 spiro atoms. The molecule has 0 bridgehead atoms. The van der Waals surface area contributed by atoms with Gasteiger partial charge in [0.25, 0.3) is 0 Å². The summed E-state index contributed by atoms with van der Waals surface area (Å²) < 4.78 is 13.5. The van der Waals surface area contributed by atoms with E-state index < -0.39 is 5.82 Å². The lowest BCUT2D eigenvalue weighted by molar-refractivity contribution is 0.624. The molecule has 4 heteroatoms. The summed E-state index contributed by atoms with van der Waals surface area (Å²) in [7, 11) is 3.89. The summed E-state index contributed by atoms with van der Waals surface area (Å²) in [5, 5.41) is 12.1. The molecular weight excluding hydrogens is 241 g/mol. The topological polar surface area (TPSA) is 39.1 Å². The van der Waals surface area contributed by atoms with Gasteiger partial charge in [-0.3, -0.25) is 0 Å². The Morgan fingerprint density at radius 2 is 1.89 bits per heavy atom. The molecule has 0 fully saturated rings. The first-order valence-electron chi connectivity index (χ1n) is 5.85. The number of halogens is 1. The Balaban J connectivity index is 2.34. The van der Waals surface area contributed by atoms with E-state index >= 15 is 0 Å². The van der Waals surface area contributed by atoms with Crippen molar-refractivity contribution in [1.82, 2.24) is 0 Å². The minimum Gasteiger partial charge on any atom is -0.378 e. The maximum atomic E-state index is 13.5. The highest BCUT2D eigenvalue weighted by Crippen LogP contribution is 2.25. The molecule has 0 amide bonds. The highest BCUT2D eigenvalue weighted by molar-refractivity contribution is 5.69. The Morgan fingerprint density at radius 3 is 2.58 bits per heavy atom. The third-order valence-corrected chi connectivity index (χ3v) is 2.77. The Kier molecular flexibility index (Phi) is 3.67. The molecule has 2 aromatic rings. The smallest absolute Gasteiger partial charge is 0.143 e. The van der Waals surface area contributed by atoms with Gasteiger partial charge < -0.3 is 10.2 Å². The van der Waals surface area contributed by atoms with Gasteiger partial charge in [-0.05, 0) is 30.3 Å². The lowest BCUT2D eigenvalue weighted by Crippen LogP contribution is -2.08. The van der Waals surface area contributed by atoms with E-state index in [0.717, 1.165) is 11.4 Å². The van der Waals surface area contributed by atoms with Gasteiger partial charge in [0.05, 0.1) is 5.69 Å². The van der Waals surface area contributed by atoms with Crippen LogP contribution in [0, 0.1) is 17.1 Å². The van der Waals surface area contributed by atoms with E-state index in [2.05, 4.69) is 5.32 Å². The van der Waals surface area contributed by atoms with Crippen molar-refractivity contribution >= 4 is 17.1 Å². The van der Waals surface area contributed by atoms with Gasteiger partial charge in [0, 0.05) is 25.5 Å². The molecule has 0 atom stereocenters. The number of benzene rings is 2. The zero-order valence-electron chi connectivity index (χ0n) is 10.8. The van der Waals surface area contributed by atoms with Crippen LogP contribution in [0.15, 0.2) is 42.5 Å². The fourth-order valence-electron chi connectivity index (χ4n) is 1.76. The zero-order valence-corrected chi connectivity index (χ0v) is 10.8. The van der Waals surface area contributed by atoms with Gasteiger partial charge >= 0.3 is 0 Å². The summed E-state index contributed by atoms with van der Waals surface area (Å²) in [6.45, 7) is 0. The first-order chi connectivity index (χ1) is 9.11. The average molecular weight is 255 g/mol. The maximum absolute atomic E-state index is 13.5. The average Bonchev–Trinajstić information content (AvgIpc) is 2.39. The predicted molar refractivity (Wildman–Crippen MR) is 75.2 cm³/mol. The molecule has 0 saturated carbocycles. The number of hydrogen-bond donors (Lipinski definition) is 1. The van der Waals surface area contributed by atoms with Crippen LogP contribution in [-0.2, 0) is 0 Å². The van der Waals surface area contributed by atoms with E-state index in [1.54, 1.807) is 12.1 Å². The van der Waals surface area contributed by atoms with E-state index in [0.29, 0.717) is 5.69 Å². The van der Waals surface area contributed by atoms with Crippen LogP contribution >= 0.6 is 0 Å². The maximum Gasteiger partial charge on any atom is 0.143 e. The normalized spacial score (nSPS) is 9.79. The quantitative estimate of drug-likeness (QED) is 0.912. The van der Waals surface area contributed by atoms with Crippen LogP contribution in [0.5, 0.6) is 0 Å². The highest BCUT2D eigenvalue weighted by Gasteiger charge is 2.08. The second-order valence-corrected chi connectivity index (χ2v) is 4.34. The third-order valence-electron chi connectivity index (χ3n) is 2.77. The summed E-state index contributed by atoms with van der Waals surface area (Å²) in [5.41, 5.74) is 2.34. The number of nitrogens with zero attached hydrogens (tertiary/aromatic N) is 2. The molecule has 96 valence electrons. The molecule has 0 aliphatic rings. The second-order valence-electron chi connectivity index (χ2n) is 4.34. The van der Waals surface area contributed by atoms with Crippen molar-refractivity contribution in [2.45, 2.75) is 0 Å². The van der Waals surface area contributed by atoms with E-state index in [1.165, 1.54) is 6.07 Å². The van der Waals surface area contributed by atoms with Crippen LogP contribution in [0.2, 0.25) is 0 Å². The van der Waals surface area contributed by atoms with Crippen molar-refractivity contribution in [3.05, 3.63) is 53.8 Å². The fraction of sp³-hybridized carbons (Fsp3) is 0.133. The Hall–Kier alpha value is -2.54. The molecule has 19 heavy (non-hydrogen) atoms. The summed E-state index contributed by atoms with van der Waals surface area (Å²) in [6, 6.07) is 14.1. The number of nitrogens with one attached hydrogen (secondary N) is 1. The first-order valence-corrected chi connectivity index (χ1v) is 5.85. The van der Waals surface area contributed by atoms with Crippen molar-refractivity contribution in [3.63, 3.8) is 0 Å². The predicted octanol–water partition coefficient (Wildman–Crippen LogP) is 3.51. The van der Waals surface area contributed by atoms with Crippen LogP contribution in [0.1, 0.15) is 5.56 Å². The molecule has 0 aliphatic carbocycles. The van der Waals surface area contributed by atoms with E-state index in [9.17, 15) is 4.39 Å². The van der Waals surface area contributed by atoms with Crippen LogP contribution in [0.3, 0.4) is 0 Å². The van der Waals surface area contributed by atoms with Crippen LogP contribution in [0.25, 0.3) is 0 Å². The molecule has 3 nitrogen and oxygen atoms in total. The molecular formula is C15H14FN3. The molecule has 2 aromatic carbocycles. The largest absolute Gasteiger partial charge is 0.378 e. The highest BCUT2D eigenvalue weighted by atomic mass is 19.1. The number of nitriles is 1. The van der Waals surface area contributed by atoms with Gasteiger partial charge in [0.2, 0.25) is 0 Å². The zero-order chi connectivity index (χ0) is 13.8. The lowest BCUT2D eigenvalue weighted by atomic mass is 10.1. The first kappa shape index (κ1) is 12.9. The molecule has 0 heterocycles. The molecule has 0 radical (unpaired) electrons. The van der Waals surface area contributed by atoms with Crippen molar-refractivity contribution in [2.24, 2.45) is 0 Å². The van der Waals surface area contributed by atoms with Gasteiger partial charge in [-0.15, -0.1) is 0 Å². The van der Waals surface area contributed by atoms with E-state index in [-0.39, 0.29) is 5.56 Å². The monoisotopic (exact) mass is 255 g/mol. The number of hydrogen-bond acceptors (Lipinski definition) is 3. The Morgan fingerprint density at radius 1 is 1.16 bits per heavy atom. The van der Waals surface area contributed by atoms with Crippen LogP contribution in [0.4, 0.5) is 21.5 Å². The molecule has 0 unspecified atom stereocenters. The number of rotatable bonds is 3. The van der Waals surface area contributed by atoms with E-state index in [1.807, 2.05) is 49.3 Å². The molecule has 1 N–H and O–H groups in total. The second kappa shape index (κ2) is 5.40. The van der Waals surface area contributed by atoms with Gasteiger partial charge in [0.15, 0.2) is 0 Å². The molecule has 0 saturated heterocycles. The Labute approximate surface area is 111 Å². The van der Waals surface area contributed by atoms with Crippen molar-refractivity contribution in [3.8, 4) is 6.07 Å². The minimum atomic E-state index is -0.517. The minimum absolute atomic E-state index is 0.0257. The van der Waals surface area contributed by atoms with E-state index in [4.69, 9.17) is 5.26 Å². The third kappa shape index (κ3) is 2.83. The van der Waals surface area contributed by atoms with Crippen LogP contribution < -0.4 is 10.2 Å². The Bertz CT molecular complexity index is 630. The summed E-state index contributed by atoms with van der Waals surface area (Å²) in [5.74, 6) is -0.517. The molecule has 2 rings (SSSR count). The van der Waals surface area contributed by atoms with Crippen LogP contribution in [-0.4, -0.2) is 14.1 Å². The SMILES string of the molecule is CN(C)c1cccc(Nc2cccc(F)c2C#N)c1.